The van der Waals surface area contributed by atoms with Crippen molar-refractivity contribution in [1.82, 2.24) is 10.2 Å². The maximum atomic E-state index is 12.2. The van der Waals surface area contributed by atoms with Gasteiger partial charge in [-0.3, -0.25) is 4.79 Å². The van der Waals surface area contributed by atoms with Crippen LogP contribution in [0.3, 0.4) is 0 Å². The third-order valence-electron chi connectivity index (χ3n) is 5.34. The number of carbonyl (C=O) groups excluding carboxylic acids is 1. The van der Waals surface area contributed by atoms with Crippen LogP contribution in [0.15, 0.2) is 65.7 Å². The summed E-state index contributed by atoms with van der Waals surface area (Å²) in [5.74, 6) is 1.99. The highest BCUT2D eigenvalue weighted by atomic mass is 32.2. The van der Waals surface area contributed by atoms with Crippen molar-refractivity contribution in [1.29, 1.82) is 0 Å². The second-order valence-electron chi connectivity index (χ2n) is 7.58. The molecule has 166 valence electrons. The Balaban J connectivity index is 1.27. The molecule has 1 saturated heterocycles. The van der Waals surface area contributed by atoms with Crippen LogP contribution in [-0.4, -0.2) is 55.1 Å². The quantitative estimate of drug-likeness (QED) is 0.550. The number of benzene rings is 2. The molecule has 32 heavy (non-hydrogen) atoms. The Morgan fingerprint density at radius 2 is 1.69 bits per heavy atom. The van der Waals surface area contributed by atoms with Gasteiger partial charge in [-0.25, -0.2) is 0 Å². The van der Waals surface area contributed by atoms with Gasteiger partial charge in [-0.05, 0) is 43.3 Å². The van der Waals surface area contributed by atoms with E-state index in [0.29, 0.717) is 5.75 Å². The molecule has 0 spiro atoms. The molecule has 0 radical (unpaired) electrons. The molecule has 1 amide bonds. The summed E-state index contributed by atoms with van der Waals surface area (Å²) in [7, 11) is 1.70. The summed E-state index contributed by atoms with van der Waals surface area (Å²) in [6, 6.07) is 19.8. The summed E-state index contributed by atoms with van der Waals surface area (Å²) in [6.07, 6.45) is 0. The highest BCUT2D eigenvalue weighted by Crippen LogP contribution is 2.29. The predicted octanol–water partition coefficient (Wildman–Crippen LogP) is 3.85. The van der Waals surface area contributed by atoms with Gasteiger partial charge in [0.15, 0.2) is 5.82 Å². The maximum absolute atomic E-state index is 12.2. The van der Waals surface area contributed by atoms with Gasteiger partial charge in [0.25, 0.3) is 0 Å². The number of aryl methyl sites for hydroxylation is 1. The van der Waals surface area contributed by atoms with E-state index in [2.05, 4.69) is 31.4 Å². The molecule has 1 aromatic heterocycles. The molecule has 0 bridgehead atoms. The molecule has 0 saturated carbocycles. The van der Waals surface area contributed by atoms with Gasteiger partial charge in [-0.2, -0.15) is 0 Å². The third-order valence-corrected chi connectivity index (χ3v) is 6.26. The second-order valence-corrected chi connectivity index (χ2v) is 8.57. The number of rotatable bonds is 7. The number of anilines is 3. The average molecular weight is 450 g/mol. The van der Waals surface area contributed by atoms with E-state index in [0.717, 1.165) is 59.7 Å². The van der Waals surface area contributed by atoms with Gasteiger partial charge < -0.3 is 19.9 Å². The van der Waals surface area contributed by atoms with Crippen LogP contribution < -0.4 is 19.9 Å². The number of hydrogen-bond acceptors (Lipinski definition) is 7. The van der Waals surface area contributed by atoms with Crippen LogP contribution in [0.2, 0.25) is 0 Å². The number of nitrogens with one attached hydrogen (secondary N) is 1. The summed E-state index contributed by atoms with van der Waals surface area (Å²) in [5.41, 5.74) is 3.08. The fourth-order valence-electron chi connectivity index (χ4n) is 3.60. The highest BCUT2D eigenvalue weighted by molar-refractivity contribution is 7.99. The number of para-hydroxylation sites is 2. The third kappa shape index (κ3) is 5.50. The normalized spacial score (nSPS) is 13.7. The first-order valence-electron chi connectivity index (χ1n) is 10.6. The van der Waals surface area contributed by atoms with Crippen LogP contribution in [0.5, 0.6) is 5.75 Å². The molecule has 1 fully saturated rings. The molecule has 8 heteroatoms. The van der Waals surface area contributed by atoms with E-state index in [1.807, 2.05) is 61.5 Å². The van der Waals surface area contributed by atoms with Crippen molar-refractivity contribution in [3.63, 3.8) is 0 Å². The number of methoxy groups -OCH3 is 1. The molecule has 1 aliphatic heterocycles. The minimum absolute atomic E-state index is 0.0582. The first-order chi connectivity index (χ1) is 15.6. The zero-order chi connectivity index (χ0) is 22.3. The standard InChI is InChI=1S/C24H27N5O2S/c1-18-7-9-19(10-8-18)25-23(30)17-32-24-12-11-22(26-27-24)29-15-13-28(14-16-29)20-5-3-4-6-21(20)31-2/h3-12H,13-17H2,1-2H3,(H,25,30). The Labute approximate surface area is 192 Å². The molecule has 2 heterocycles. The summed E-state index contributed by atoms with van der Waals surface area (Å²) >= 11 is 1.38. The number of hydrogen-bond donors (Lipinski definition) is 1. The van der Waals surface area contributed by atoms with E-state index in [-0.39, 0.29) is 5.91 Å². The average Bonchev–Trinajstić information content (AvgIpc) is 2.84. The van der Waals surface area contributed by atoms with Gasteiger partial charge in [0.05, 0.1) is 18.6 Å². The van der Waals surface area contributed by atoms with Crippen LogP contribution in [0.25, 0.3) is 0 Å². The molecule has 3 aromatic rings. The van der Waals surface area contributed by atoms with Crippen molar-refractivity contribution in [2.75, 3.05) is 54.2 Å². The van der Waals surface area contributed by atoms with Crippen molar-refractivity contribution in [3.8, 4) is 5.75 Å². The lowest BCUT2D eigenvalue weighted by molar-refractivity contribution is -0.113. The van der Waals surface area contributed by atoms with Crippen molar-refractivity contribution in [2.24, 2.45) is 0 Å². The summed E-state index contributed by atoms with van der Waals surface area (Å²) in [5, 5.41) is 12.3. The zero-order valence-electron chi connectivity index (χ0n) is 18.3. The van der Waals surface area contributed by atoms with E-state index in [9.17, 15) is 4.79 Å². The zero-order valence-corrected chi connectivity index (χ0v) is 19.1. The SMILES string of the molecule is COc1ccccc1N1CCN(c2ccc(SCC(=O)Nc3ccc(C)cc3)nn2)CC1. The van der Waals surface area contributed by atoms with Crippen LogP contribution >= 0.6 is 11.8 Å². The summed E-state index contributed by atoms with van der Waals surface area (Å²) in [6.45, 7) is 5.51. The van der Waals surface area contributed by atoms with Gasteiger partial charge in [0, 0.05) is 31.9 Å². The van der Waals surface area contributed by atoms with Crippen LogP contribution in [-0.2, 0) is 4.79 Å². The van der Waals surface area contributed by atoms with Crippen molar-refractivity contribution in [2.45, 2.75) is 11.9 Å². The first kappa shape index (κ1) is 22.0. The number of aromatic nitrogens is 2. The lowest BCUT2D eigenvalue weighted by atomic mass is 10.2. The van der Waals surface area contributed by atoms with Gasteiger partial charge in [0.2, 0.25) is 5.91 Å². The molecular formula is C24H27N5O2S. The smallest absolute Gasteiger partial charge is 0.234 e. The molecule has 4 rings (SSSR count). The van der Waals surface area contributed by atoms with Gasteiger partial charge in [-0.15, -0.1) is 10.2 Å². The molecule has 7 nitrogen and oxygen atoms in total. The monoisotopic (exact) mass is 449 g/mol. The Morgan fingerprint density at radius 1 is 0.969 bits per heavy atom. The molecule has 0 atom stereocenters. The van der Waals surface area contributed by atoms with E-state index < -0.39 is 0 Å². The van der Waals surface area contributed by atoms with E-state index >= 15 is 0 Å². The predicted molar refractivity (Wildman–Crippen MR) is 130 cm³/mol. The Hall–Kier alpha value is -3.26. The Kier molecular flexibility index (Phi) is 7.11. The fraction of sp³-hybridized carbons (Fsp3) is 0.292. The minimum Gasteiger partial charge on any atom is -0.495 e. The second kappa shape index (κ2) is 10.4. The first-order valence-corrected chi connectivity index (χ1v) is 11.6. The van der Waals surface area contributed by atoms with E-state index in [1.54, 1.807) is 7.11 Å². The number of amides is 1. The lowest BCUT2D eigenvalue weighted by Gasteiger charge is -2.37. The van der Waals surface area contributed by atoms with Crippen LogP contribution in [0.1, 0.15) is 5.56 Å². The minimum atomic E-state index is -0.0582. The number of thioether (sulfide) groups is 1. The largest absolute Gasteiger partial charge is 0.495 e. The Morgan fingerprint density at radius 3 is 2.38 bits per heavy atom. The van der Waals surface area contributed by atoms with Crippen LogP contribution in [0, 0.1) is 6.92 Å². The van der Waals surface area contributed by atoms with Gasteiger partial charge in [-0.1, -0.05) is 41.6 Å². The molecule has 0 aliphatic carbocycles. The molecule has 1 N–H and O–H groups in total. The van der Waals surface area contributed by atoms with Gasteiger partial charge >= 0.3 is 0 Å². The van der Waals surface area contributed by atoms with E-state index in [4.69, 9.17) is 4.74 Å². The van der Waals surface area contributed by atoms with Crippen molar-refractivity contribution >= 4 is 34.9 Å². The van der Waals surface area contributed by atoms with Crippen molar-refractivity contribution in [3.05, 3.63) is 66.2 Å². The molecule has 0 unspecified atom stereocenters. The van der Waals surface area contributed by atoms with Crippen molar-refractivity contribution < 1.29 is 9.53 Å². The topological polar surface area (TPSA) is 70.6 Å². The number of ether oxygens (including phenoxy) is 1. The molecule has 2 aromatic carbocycles. The number of carbonyl (C=O) groups is 1. The van der Waals surface area contributed by atoms with Crippen LogP contribution in [0.4, 0.5) is 17.2 Å². The van der Waals surface area contributed by atoms with Gasteiger partial charge in [0.1, 0.15) is 10.8 Å². The summed E-state index contributed by atoms with van der Waals surface area (Å²) < 4.78 is 5.49. The number of piperazine rings is 1. The Bertz CT molecular complexity index is 1040. The van der Waals surface area contributed by atoms with E-state index in [1.165, 1.54) is 11.8 Å². The lowest BCUT2D eigenvalue weighted by Crippen LogP contribution is -2.47. The molecule has 1 aliphatic rings. The maximum Gasteiger partial charge on any atom is 0.234 e. The summed E-state index contributed by atoms with van der Waals surface area (Å²) in [4.78, 5) is 16.7. The molecular weight excluding hydrogens is 422 g/mol. The highest BCUT2D eigenvalue weighted by Gasteiger charge is 2.20. The fourth-order valence-corrected chi connectivity index (χ4v) is 4.21. The number of nitrogens with zero attached hydrogens (tertiary/aromatic N) is 4.